The molecule has 0 radical (unpaired) electrons. The monoisotopic (exact) mass is 209 g/mol. The summed E-state index contributed by atoms with van der Waals surface area (Å²) in [7, 11) is 1.89. The molecule has 15 heavy (non-hydrogen) atoms. The molecular formula is C10H19N5. The summed E-state index contributed by atoms with van der Waals surface area (Å²) in [4.78, 5) is 4.22. The Balaban J connectivity index is 2.34. The van der Waals surface area contributed by atoms with Gasteiger partial charge in [-0.15, -0.1) is 0 Å². The number of hydrogen-bond donors (Lipinski definition) is 2. The molecule has 0 fully saturated rings. The SMILES string of the molecule is CCCCNC(N)=NCc1ccnn1C. The maximum absolute atomic E-state index is 5.69. The van der Waals surface area contributed by atoms with Crippen molar-refractivity contribution in [2.45, 2.75) is 26.3 Å². The van der Waals surface area contributed by atoms with Crippen LogP contribution in [-0.4, -0.2) is 22.3 Å². The van der Waals surface area contributed by atoms with Crippen LogP contribution < -0.4 is 11.1 Å². The lowest BCUT2D eigenvalue weighted by Crippen LogP contribution is -2.32. The van der Waals surface area contributed by atoms with Gasteiger partial charge in [0.05, 0.1) is 12.2 Å². The first-order valence-electron chi connectivity index (χ1n) is 5.24. The van der Waals surface area contributed by atoms with Crippen LogP contribution in [0, 0.1) is 0 Å². The summed E-state index contributed by atoms with van der Waals surface area (Å²) in [6.45, 7) is 3.60. The molecule has 5 nitrogen and oxygen atoms in total. The first-order valence-corrected chi connectivity index (χ1v) is 5.24. The number of guanidine groups is 1. The van der Waals surface area contributed by atoms with Crippen LogP contribution in [0.25, 0.3) is 0 Å². The van der Waals surface area contributed by atoms with Gasteiger partial charge in [-0.1, -0.05) is 13.3 Å². The fourth-order valence-electron chi connectivity index (χ4n) is 1.17. The molecule has 0 atom stereocenters. The topological polar surface area (TPSA) is 68.2 Å². The summed E-state index contributed by atoms with van der Waals surface area (Å²) >= 11 is 0. The summed E-state index contributed by atoms with van der Waals surface area (Å²) in [5.41, 5.74) is 6.74. The van der Waals surface area contributed by atoms with Gasteiger partial charge < -0.3 is 11.1 Å². The third kappa shape index (κ3) is 4.01. The molecule has 1 heterocycles. The number of nitrogens with zero attached hydrogens (tertiary/aromatic N) is 3. The Morgan fingerprint density at radius 2 is 2.47 bits per heavy atom. The minimum absolute atomic E-state index is 0.504. The van der Waals surface area contributed by atoms with Gasteiger partial charge in [0.1, 0.15) is 0 Å². The van der Waals surface area contributed by atoms with Gasteiger partial charge >= 0.3 is 0 Å². The third-order valence-electron chi connectivity index (χ3n) is 2.17. The molecular weight excluding hydrogens is 190 g/mol. The second-order valence-electron chi connectivity index (χ2n) is 3.43. The van der Waals surface area contributed by atoms with Gasteiger partial charge in [0.25, 0.3) is 0 Å². The van der Waals surface area contributed by atoms with Crippen molar-refractivity contribution in [3.05, 3.63) is 18.0 Å². The first-order chi connectivity index (χ1) is 7.24. The summed E-state index contributed by atoms with van der Waals surface area (Å²) in [6, 6.07) is 1.93. The molecule has 0 bridgehead atoms. The van der Waals surface area contributed by atoms with Crippen LogP contribution in [-0.2, 0) is 13.6 Å². The van der Waals surface area contributed by atoms with Crippen LogP contribution >= 0.6 is 0 Å². The van der Waals surface area contributed by atoms with Gasteiger partial charge in [-0.05, 0) is 12.5 Å². The molecule has 1 rings (SSSR count). The van der Waals surface area contributed by atoms with Gasteiger partial charge in [-0.2, -0.15) is 5.10 Å². The van der Waals surface area contributed by atoms with Crippen molar-refractivity contribution in [1.82, 2.24) is 15.1 Å². The van der Waals surface area contributed by atoms with E-state index >= 15 is 0 Å². The Labute approximate surface area is 90.4 Å². The molecule has 0 aliphatic heterocycles. The van der Waals surface area contributed by atoms with E-state index in [-0.39, 0.29) is 0 Å². The number of aryl methyl sites for hydroxylation is 1. The maximum Gasteiger partial charge on any atom is 0.188 e. The van der Waals surface area contributed by atoms with Gasteiger partial charge in [0, 0.05) is 19.8 Å². The minimum atomic E-state index is 0.504. The van der Waals surface area contributed by atoms with Crippen molar-refractivity contribution in [1.29, 1.82) is 0 Å². The first kappa shape index (κ1) is 11.6. The third-order valence-corrected chi connectivity index (χ3v) is 2.17. The second kappa shape index (κ2) is 6.06. The number of aliphatic imine (C=N–C) groups is 1. The van der Waals surface area contributed by atoms with Gasteiger partial charge in [0.2, 0.25) is 0 Å². The van der Waals surface area contributed by atoms with Crippen molar-refractivity contribution in [3.8, 4) is 0 Å². The number of aromatic nitrogens is 2. The van der Waals surface area contributed by atoms with Crippen molar-refractivity contribution < 1.29 is 0 Å². The van der Waals surface area contributed by atoms with E-state index in [1.54, 1.807) is 10.9 Å². The fraction of sp³-hybridized carbons (Fsp3) is 0.600. The lowest BCUT2D eigenvalue weighted by molar-refractivity contribution is 0.707. The van der Waals surface area contributed by atoms with E-state index in [0.717, 1.165) is 25.1 Å². The molecule has 0 aliphatic carbocycles. The zero-order valence-electron chi connectivity index (χ0n) is 9.40. The summed E-state index contributed by atoms with van der Waals surface area (Å²) in [5.74, 6) is 0.504. The Kier molecular flexibility index (Phi) is 4.66. The quantitative estimate of drug-likeness (QED) is 0.424. The number of nitrogens with one attached hydrogen (secondary N) is 1. The number of hydrogen-bond acceptors (Lipinski definition) is 2. The fourth-order valence-corrected chi connectivity index (χ4v) is 1.17. The Morgan fingerprint density at radius 1 is 1.67 bits per heavy atom. The largest absolute Gasteiger partial charge is 0.370 e. The molecule has 1 aromatic rings. The van der Waals surface area contributed by atoms with E-state index < -0.39 is 0 Å². The van der Waals surface area contributed by atoms with Crippen LogP contribution in [0.1, 0.15) is 25.5 Å². The predicted octanol–water partition coefficient (Wildman–Crippen LogP) is 0.624. The lowest BCUT2D eigenvalue weighted by Gasteiger charge is -2.04. The predicted molar refractivity (Wildman–Crippen MR) is 61.4 cm³/mol. The molecule has 0 saturated carbocycles. The maximum atomic E-state index is 5.69. The van der Waals surface area contributed by atoms with Crippen molar-refractivity contribution in [2.24, 2.45) is 17.8 Å². The van der Waals surface area contributed by atoms with Crippen molar-refractivity contribution in [2.75, 3.05) is 6.54 Å². The molecule has 0 amide bonds. The molecule has 0 aromatic carbocycles. The standard InChI is InChI=1S/C10H19N5/c1-3-4-6-12-10(11)13-8-9-5-7-14-15(9)2/h5,7H,3-4,6,8H2,1-2H3,(H3,11,12,13). The molecule has 0 spiro atoms. The number of nitrogens with two attached hydrogens (primary N) is 1. The van der Waals surface area contributed by atoms with E-state index in [1.807, 2.05) is 13.1 Å². The van der Waals surface area contributed by atoms with E-state index in [0.29, 0.717) is 12.5 Å². The molecule has 3 N–H and O–H groups in total. The highest BCUT2D eigenvalue weighted by molar-refractivity contribution is 5.77. The number of unbranched alkanes of at least 4 members (excludes halogenated alkanes) is 1. The average Bonchev–Trinajstić information content (AvgIpc) is 2.61. The van der Waals surface area contributed by atoms with Gasteiger partial charge in [-0.25, -0.2) is 4.99 Å². The minimum Gasteiger partial charge on any atom is -0.370 e. The molecule has 0 saturated heterocycles. The molecule has 0 unspecified atom stereocenters. The lowest BCUT2D eigenvalue weighted by atomic mass is 10.3. The highest BCUT2D eigenvalue weighted by atomic mass is 15.3. The molecule has 0 aliphatic rings. The normalized spacial score (nSPS) is 11.7. The van der Waals surface area contributed by atoms with E-state index in [4.69, 9.17) is 5.73 Å². The summed E-state index contributed by atoms with van der Waals surface area (Å²) in [6.07, 6.45) is 4.02. The molecule has 1 aromatic heterocycles. The van der Waals surface area contributed by atoms with Crippen LogP contribution in [0.15, 0.2) is 17.3 Å². The Morgan fingerprint density at radius 3 is 3.07 bits per heavy atom. The summed E-state index contributed by atoms with van der Waals surface area (Å²) in [5, 5.41) is 7.12. The Bertz CT molecular complexity index is 315. The molecule has 84 valence electrons. The van der Waals surface area contributed by atoms with E-state index in [2.05, 4.69) is 22.3 Å². The van der Waals surface area contributed by atoms with Crippen LogP contribution in [0.4, 0.5) is 0 Å². The smallest absolute Gasteiger partial charge is 0.188 e. The van der Waals surface area contributed by atoms with Gasteiger partial charge in [0.15, 0.2) is 5.96 Å². The second-order valence-corrected chi connectivity index (χ2v) is 3.43. The van der Waals surface area contributed by atoms with Gasteiger partial charge in [-0.3, -0.25) is 4.68 Å². The van der Waals surface area contributed by atoms with Crippen molar-refractivity contribution >= 4 is 5.96 Å². The van der Waals surface area contributed by atoms with E-state index in [9.17, 15) is 0 Å². The molecule has 5 heteroatoms. The highest BCUT2D eigenvalue weighted by Gasteiger charge is 1.96. The van der Waals surface area contributed by atoms with E-state index in [1.165, 1.54) is 0 Å². The van der Waals surface area contributed by atoms with Crippen LogP contribution in [0.2, 0.25) is 0 Å². The van der Waals surface area contributed by atoms with Crippen LogP contribution in [0.5, 0.6) is 0 Å². The number of rotatable bonds is 5. The van der Waals surface area contributed by atoms with Crippen LogP contribution in [0.3, 0.4) is 0 Å². The summed E-state index contributed by atoms with van der Waals surface area (Å²) < 4.78 is 1.79. The van der Waals surface area contributed by atoms with Crippen molar-refractivity contribution in [3.63, 3.8) is 0 Å². The zero-order chi connectivity index (χ0) is 11.1. The average molecular weight is 209 g/mol. The Hall–Kier alpha value is -1.52. The zero-order valence-corrected chi connectivity index (χ0v) is 9.40. The highest BCUT2D eigenvalue weighted by Crippen LogP contribution is 1.97.